The second-order valence-corrected chi connectivity index (χ2v) is 1.62. The Hall–Kier alpha value is -0.946. The Morgan fingerprint density at radius 2 is 1.00 bits per heavy atom. The maximum atomic E-state index is 9.14. The van der Waals surface area contributed by atoms with Gasteiger partial charge in [-0.3, -0.25) is 0 Å². The van der Waals surface area contributed by atoms with Crippen molar-refractivity contribution < 1.29 is 51.7 Å². The van der Waals surface area contributed by atoms with Crippen LogP contribution in [0.3, 0.4) is 0 Å². The van der Waals surface area contributed by atoms with Crippen molar-refractivity contribution in [3.05, 3.63) is 25.3 Å². The van der Waals surface area contributed by atoms with E-state index in [1.807, 2.05) is 0 Å². The Labute approximate surface area is 116 Å². The summed E-state index contributed by atoms with van der Waals surface area (Å²) < 4.78 is 0. The molecule has 0 radical (unpaired) electrons. The minimum atomic E-state index is -1.23. The van der Waals surface area contributed by atoms with Crippen LogP contribution in [-0.4, -0.2) is 25.2 Å². The van der Waals surface area contributed by atoms with Crippen molar-refractivity contribution in [2.45, 2.75) is 13.8 Å². The van der Waals surface area contributed by atoms with E-state index in [9.17, 15) is 0 Å². The molecule has 0 aromatic rings. The third-order valence-corrected chi connectivity index (χ3v) is 0.333. The van der Waals surface area contributed by atoms with Crippen molar-refractivity contribution in [1.82, 2.24) is 0 Å². The molecular weight excluding hydrogens is 264 g/mol. The number of hydrogen-bond donors (Lipinski definition) is 0. The molecule has 0 atom stereocenters. The molecule has 0 aromatic heterocycles. The largest absolute Gasteiger partial charge is 4.00 e. The molecule has 0 bridgehead atoms. The number of carboxylic acid groups (broad SMARTS) is 2. The smallest absolute Gasteiger partial charge is 0.855 e. The summed E-state index contributed by atoms with van der Waals surface area (Å²) in [6.07, 6.45) is 1.44. The molecule has 0 rings (SSSR count). The average Bonchev–Trinajstić information content (AvgIpc) is 2.21. The zero-order chi connectivity index (χ0) is 14.0. The fourth-order valence-electron chi connectivity index (χ4n) is 0. The van der Waals surface area contributed by atoms with E-state index in [2.05, 4.69) is 13.2 Å². The second-order valence-electron chi connectivity index (χ2n) is 1.62. The Morgan fingerprint density at radius 3 is 1.00 bits per heavy atom. The third-order valence-electron chi connectivity index (χ3n) is 0.333. The minimum absolute atomic E-state index is 0. The van der Waals surface area contributed by atoms with Gasteiger partial charge in [-0.2, -0.15) is 0 Å². The third kappa shape index (κ3) is 275. The molecule has 0 N–H and O–H groups in total. The molecule has 0 aliphatic heterocycles. The SMILES string of the molecule is C=CC(=O)[O-].C=CC(=O)[O-].CC[O-].CC[O-].[Ti+4]. The Bertz CT molecular complexity index is 162. The molecule has 0 aliphatic rings. The number of carboxylic acids is 2. The summed E-state index contributed by atoms with van der Waals surface area (Å²) in [5.41, 5.74) is 0. The van der Waals surface area contributed by atoms with E-state index in [1.165, 1.54) is 0 Å². The van der Waals surface area contributed by atoms with Gasteiger partial charge in [0, 0.05) is 0 Å². The fraction of sp³-hybridized carbons (Fsp3) is 0.400. The van der Waals surface area contributed by atoms with Gasteiger partial charge in [0.15, 0.2) is 0 Å². The molecule has 0 fully saturated rings. The predicted molar refractivity (Wildman–Crippen MR) is 51.5 cm³/mol. The number of hydrogen-bond acceptors (Lipinski definition) is 6. The van der Waals surface area contributed by atoms with Crippen molar-refractivity contribution in [2.75, 3.05) is 13.2 Å². The summed E-state index contributed by atoms with van der Waals surface area (Å²) in [4.78, 5) is 18.3. The van der Waals surface area contributed by atoms with Gasteiger partial charge in [0.05, 0.1) is 11.9 Å². The first-order chi connectivity index (χ1) is 7.37. The van der Waals surface area contributed by atoms with Crippen molar-refractivity contribution in [3.8, 4) is 0 Å². The predicted octanol–water partition coefficient (Wildman–Crippen LogP) is -3.42. The van der Waals surface area contributed by atoms with Crippen LogP contribution in [0.25, 0.3) is 0 Å². The minimum Gasteiger partial charge on any atom is -0.855 e. The normalized spacial score (nSPS) is 5.88. The summed E-state index contributed by atoms with van der Waals surface area (Å²) in [5, 5.41) is 36.1. The van der Waals surface area contributed by atoms with Gasteiger partial charge in [-0.25, -0.2) is 0 Å². The van der Waals surface area contributed by atoms with Gasteiger partial charge in [0.25, 0.3) is 0 Å². The van der Waals surface area contributed by atoms with Crippen LogP contribution in [0, 0.1) is 0 Å². The summed E-state index contributed by atoms with van der Waals surface area (Å²) in [5.74, 6) is -2.46. The van der Waals surface area contributed by atoms with Crippen LogP contribution in [0.15, 0.2) is 25.3 Å². The summed E-state index contributed by atoms with van der Waals surface area (Å²) in [6, 6.07) is 0. The monoisotopic (exact) mass is 280 g/mol. The van der Waals surface area contributed by atoms with Crippen LogP contribution in [0.2, 0.25) is 0 Å². The molecular formula is C10H16O6Ti. The molecule has 0 amide bonds. The van der Waals surface area contributed by atoms with E-state index >= 15 is 0 Å². The molecule has 0 saturated carbocycles. The molecule has 0 aromatic carbocycles. The maximum absolute atomic E-state index is 9.14. The van der Waals surface area contributed by atoms with Crippen LogP contribution in [-0.2, 0) is 31.3 Å². The van der Waals surface area contributed by atoms with Gasteiger partial charge in [0.2, 0.25) is 0 Å². The maximum Gasteiger partial charge on any atom is 4.00 e. The number of rotatable bonds is 2. The quantitative estimate of drug-likeness (QED) is 0.383. The van der Waals surface area contributed by atoms with E-state index in [4.69, 9.17) is 30.0 Å². The first kappa shape index (κ1) is 29.8. The molecule has 0 heterocycles. The van der Waals surface area contributed by atoms with Gasteiger partial charge < -0.3 is 30.0 Å². The molecule has 96 valence electrons. The Morgan fingerprint density at radius 1 is 0.941 bits per heavy atom. The summed E-state index contributed by atoms with van der Waals surface area (Å²) in [7, 11) is 0. The van der Waals surface area contributed by atoms with Crippen molar-refractivity contribution >= 4 is 11.9 Å². The van der Waals surface area contributed by atoms with Crippen molar-refractivity contribution in [2.24, 2.45) is 0 Å². The van der Waals surface area contributed by atoms with Gasteiger partial charge in [0.1, 0.15) is 0 Å². The molecule has 0 aliphatic carbocycles. The van der Waals surface area contributed by atoms with Gasteiger partial charge in [-0.05, 0) is 12.2 Å². The number of aliphatic carboxylic acids is 2. The average molecular weight is 280 g/mol. The second kappa shape index (κ2) is 36.3. The Balaban J connectivity index is -0.0000000381. The van der Waals surface area contributed by atoms with E-state index < -0.39 is 11.9 Å². The summed E-state index contributed by atoms with van der Waals surface area (Å²) in [6.45, 7) is 8.94. The Kier molecular flexibility index (Phi) is 63.5. The van der Waals surface area contributed by atoms with Crippen molar-refractivity contribution in [3.63, 3.8) is 0 Å². The summed E-state index contributed by atoms with van der Waals surface area (Å²) >= 11 is 0. The first-order valence-corrected chi connectivity index (χ1v) is 4.20. The van der Waals surface area contributed by atoms with Crippen LogP contribution in [0.4, 0.5) is 0 Å². The van der Waals surface area contributed by atoms with Gasteiger partial charge >= 0.3 is 21.7 Å². The van der Waals surface area contributed by atoms with E-state index in [-0.39, 0.29) is 34.9 Å². The van der Waals surface area contributed by atoms with Crippen LogP contribution >= 0.6 is 0 Å². The fourth-order valence-corrected chi connectivity index (χ4v) is 0. The standard InChI is InChI=1S/2C3H4O2.2C2H5O.Ti/c2*1-2-3(4)5;2*1-2-3;/h2*2H,1H2,(H,4,5);2*2H2,1H3;/q;;2*-1;+4/p-2. The number of carbonyl (C=O) groups is 2. The van der Waals surface area contributed by atoms with Crippen LogP contribution in [0.1, 0.15) is 13.8 Å². The van der Waals surface area contributed by atoms with Crippen LogP contribution in [0.5, 0.6) is 0 Å². The molecule has 0 spiro atoms. The van der Waals surface area contributed by atoms with E-state index in [0.717, 1.165) is 12.2 Å². The van der Waals surface area contributed by atoms with Crippen LogP contribution < -0.4 is 20.4 Å². The first-order valence-electron chi connectivity index (χ1n) is 4.20. The van der Waals surface area contributed by atoms with Crippen molar-refractivity contribution in [1.29, 1.82) is 0 Å². The number of carbonyl (C=O) groups excluding carboxylic acids is 2. The molecule has 0 saturated heterocycles. The van der Waals surface area contributed by atoms with Gasteiger partial charge in [-0.15, -0.1) is 13.2 Å². The zero-order valence-electron chi connectivity index (χ0n) is 9.93. The van der Waals surface area contributed by atoms with E-state index in [1.54, 1.807) is 13.8 Å². The van der Waals surface area contributed by atoms with Gasteiger partial charge in [-0.1, -0.05) is 27.0 Å². The molecule has 7 heteroatoms. The topological polar surface area (TPSA) is 126 Å². The molecule has 17 heavy (non-hydrogen) atoms. The molecule has 0 unspecified atom stereocenters. The zero-order valence-corrected chi connectivity index (χ0v) is 11.5. The van der Waals surface area contributed by atoms with E-state index in [0.29, 0.717) is 0 Å². The molecule has 6 nitrogen and oxygen atoms in total.